The number of ether oxygens (including phenoxy) is 2. The molecule has 2 aromatic heterocycles. The minimum absolute atomic E-state index is 0.154. The first kappa shape index (κ1) is 16.3. The molecule has 1 fully saturated rings. The molecule has 0 spiro atoms. The molecule has 0 saturated carbocycles. The highest BCUT2D eigenvalue weighted by molar-refractivity contribution is 5.76. The predicted octanol–water partition coefficient (Wildman–Crippen LogP) is 1.89. The maximum absolute atomic E-state index is 11.4. The van der Waals surface area contributed by atoms with Crippen LogP contribution in [0, 0.1) is 5.92 Å². The van der Waals surface area contributed by atoms with E-state index in [1.165, 1.54) is 0 Å². The standard InChI is InChI=1S/C17H20N4O3/c1-2-23-16-10-19-9-14(21-16)12-3-4-13(20-8-12)15-7-11(17(18)22)5-6-24-15/h3-4,8-11,15H,2,5-7H2,1H3,(H2,18,22). The number of carbonyl (C=O) groups excluding carboxylic acids is 1. The number of rotatable bonds is 5. The molecule has 3 rings (SSSR count). The van der Waals surface area contributed by atoms with Gasteiger partial charge in [-0.3, -0.25) is 14.8 Å². The van der Waals surface area contributed by atoms with Crippen LogP contribution in [0.4, 0.5) is 0 Å². The van der Waals surface area contributed by atoms with E-state index in [1.54, 1.807) is 18.6 Å². The molecule has 3 heterocycles. The maximum Gasteiger partial charge on any atom is 0.232 e. The summed E-state index contributed by atoms with van der Waals surface area (Å²) in [5, 5.41) is 0. The number of hydrogen-bond donors (Lipinski definition) is 1. The summed E-state index contributed by atoms with van der Waals surface area (Å²) in [6.07, 6.45) is 6.01. The molecule has 0 aliphatic carbocycles. The highest BCUT2D eigenvalue weighted by Gasteiger charge is 2.28. The van der Waals surface area contributed by atoms with Crippen molar-refractivity contribution in [1.82, 2.24) is 15.0 Å². The Bertz CT molecular complexity index is 705. The number of nitrogens with zero attached hydrogens (tertiary/aromatic N) is 3. The Labute approximate surface area is 140 Å². The Kier molecular flexibility index (Phi) is 5.00. The molecule has 2 N–H and O–H groups in total. The highest BCUT2D eigenvalue weighted by Crippen LogP contribution is 2.31. The van der Waals surface area contributed by atoms with Crippen LogP contribution in [0.25, 0.3) is 11.3 Å². The number of nitrogens with two attached hydrogens (primary N) is 1. The lowest BCUT2D eigenvalue weighted by Crippen LogP contribution is -2.30. The van der Waals surface area contributed by atoms with Crippen molar-refractivity contribution in [3.05, 3.63) is 36.4 Å². The molecule has 1 aliphatic rings. The lowest BCUT2D eigenvalue weighted by Gasteiger charge is -2.27. The minimum atomic E-state index is -0.275. The van der Waals surface area contributed by atoms with Crippen LogP contribution in [0.2, 0.25) is 0 Å². The van der Waals surface area contributed by atoms with Crippen molar-refractivity contribution >= 4 is 5.91 Å². The van der Waals surface area contributed by atoms with E-state index in [9.17, 15) is 4.79 Å². The van der Waals surface area contributed by atoms with Gasteiger partial charge in [0.2, 0.25) is 11.8 Å². The van der Waals surface area contributed by atoms with Gasteiger partial charge in [-0.1, -0.05) is 0 Å². The SMILES string of the molecule is CCOc1cncc(-c2ccc(C3CC(C(N)=O)CCO3)nc2)n1. The normalized spacial score (nSPS) is 20.5. The number of carbonyl (C=O) groups is 1. The first-order chi connectivity index (χ1) is 11.7. The summed E-state index contributed by atoms with van der Waals surface area (Å²) in [7, 11) is 0. The van der Waals surface area contributed by atoms with Crippen LogP contribution in [0.1, 0.15) is 31.6 Å². The van der Waals surface area contributed by atoms with E-state index in [-0.39, 0.29) is 17.9 Å². The van der Waals surface area contributed by atoms with E-state index in [0.29, 0.717) is 37.6 Å². The van der Waals surface area contributed by atoms with Gasteiger partial charge in [0.15, 0.2) is 0 Å². The van der Waals surface area contributed by atoms with Gasteiger partial charge in [0, 0.05) is 24.3 Å². The van der Waals surface area contributed by atoms with E-state index >= 15 is 0 Å². The summed E-state index contributed by atoms with van der Waals surface area (Å²) in [6, 6.07) is 3.80. The maximum atomic E-state index is 11.4. The molecule has 0 bridgehead atoms. The van der Waals surface area contributed by atoms with E-state index in [2.05, 4.69) is 15.0 Å². The van der Waals surface area contributed by atoms with Gasteiger partial charge in [-0.2, -0.15) is 0 Å². The molecule has 126 valence electrons. The number of hydrogen-bond acceptors (Lipinski definition) is 6. The predicted molar refractivity (Wildman–Crippen MR) is 87.0 cm³/mol. The number of pyridine rings is 1. The molecule has 2 aromatic rings. The van der Waals surface area contributed by atoms with Gasteiger partial charge in [-0.05, 0) is 31.9 Å². The van der Waals surface area contributed by atoms with Gasteiger partial charge in [0.05, 0.1) is 30.4 Å². The average molecular weight is 328 g/mol. The Balaban J connectivity index is 1.75. The third-order valence-electron chi connectivity index (χ3n) is 4.00. The second-order valence-electron chi connectivity index (χ2n) is 5.63. The third kappa shape index (κ3) is 3.68. The topological polar surface area (TPSA) is 100 Å². The van der Waals surface area contributed by atoms with Crippen LogP contribution in [0.15, 0.2) is 30.7 Å². The van der Waals surface area contributed by atoms with Crippen molar-refractivity contribution in [1.29, 1.82) is 0 Å². The monoisotopic (exact) mass is 328 g/mol. The Morgan fingerprint density at radius 1 is 1.38 bits per heavy atom. The molecule has 1 aliphatic heterocycles. The lowest BCUT2D eigenvalue weighted by atomic mass is 9.93. The van der Waals surface area contributed by atoms with E-state index in [0.717, 1.165) is 11.3 Å². The molecule has 7 nitrogen and oxygen atoms in total. The summed E-state index contributed by atoms with van der Waals surface area (Å²) in [5.41, 5.74) is 7.73. The van der Waals surface area contributed by atoms with Gasteiger partial charge in [0.1, 0.15) is 6.10 Å². The summed E-state index contributed by atoms with van der Waals surface area (Å²) >= 11 is 0. The van der Waals surface area contributed by atoms with Crippen molar-refractivity contribution in [3.8, 4) is 17.1 Å². The van der Waals surface area contributed by atoms with Gasteiger partial charge in [-0.25, -0.2) is 4.98 Å². The third-order valence-corrected chi connectivity index (χ3v) is 4.00. The highest BCUT2D eigenvalue weighted by atomic mass is 16.5. The molecule has 1 amide bonds. The van der Waals surface area contributed by atoms with Crippen LogP contribution in [0.5, 0.6) is 5.88 Å². The largest absolute Gasteiger partial charge is 0.477 e. The van der Waals surface area contributed by atoms with Crippen LogP contribution in [-0.4, -0.2) is 34.1 Å². The zero-order valence-corrected chi connectivity index (χ0v) is 13.5. The fraction of sp³-hybridized carbons (Fsp3) is 0.412. The van der Waals surface area contributed by atoms with Gasteiger partial charge in [0.25, 0.3) is 0 Å². The minimum Gasteiger partial charge on any atom is -0.477 e. The first-order valence-electron chi connectivity index (χ1n) is 7.99. The van der Waals surface area contributed by atoms with Crippen LogP contribution in [0.3, 0.4) is 0 Å². The number of amides is 1. The van der Waals surface area contributed by atoms with Crippen LogP contribution in [-0.2, 0) is 9.53 Å². The fourth-order valence-electron chi connectivity index (χ4n) is 2.71. The summed E-state index contributed by atoms with van der Waals surface area (Å²) in [4.78, 5) is 24.4. The second-order valence-corrected chi connectivity index (χ2v) is 5.63. The van der Waals surface area contributed by atoms with E-state index < -0.39 is 0 Å². The molecular formula is C17H20N4O3. The Hall–Kier alpha value is -2.54. The van der Waals surface area contributed by atoms with Crippen LogP contribution >= 0.6 is 0 Å². The van der Waals surface area contributed by atoms with Crippen molar-refractivity contribution in [2.24, 2.45) is 11.7 Å². The van der Waals surface area contributed by atoms with Crippen molar-refractivity contribution in [2.45, 2.75) is 25.9 Å². The smallest absolute Gasteiger partial charge is 0.232 e. The molecular weight excluding hydrogens is 308 g/mol. The van der Waals surface area contributed by atoms with Crippen LogP contribution < -0.4 is 10.5 Å². The van der Waals surface area contributed by atoms with Gasteiger partial charge >= 0.3 is 0 Å². The summed E-state index contributed by atoms with van der Waals surface area (Å²) in [6.45, 7) is 2.95. The van der Waals surface area contributed by atoms with Crippen molar-refractivity contribution in [3.63, 3.8) is 0 Å². The summed E-state index contributed by atoms with van der Waals surface area (Å²) < 4.78 is 11.1. The van der Waals surface area contributed by atoms with E-state index in [1.807, 2.05) is 19.1 Å². The van der Waals surface area contributed by atoms with E-state index in [4.69, 9.17) is 15.2 Å². The summed E-state index contributed by atoms with van der Waals surface area (Å²) in [5.74, 6) is 0.0564. The van der Waals surface area contributed by atoms with Gasteiger partial charge < -0.3 is 15.2 Å². The molecule has 24 heavy (non-hydrogen) atoms. The molecule has 2 unspecified atom stereocenters. The molecule has 0 radical (unpaired) electrons. The molecule has 1 saturated heterocycles. The first-order valence-corrected chi connectivity index (χ1v) is 7.99. The molecule has 7 heteroatoms. The quantitative estimate of drug-likeness (QED) is 0.899. The molecule has 2 atom stereocenters. The zero-order chi connectivity index (χ0) is 16.9. The zero-order valence-electron chi connectivity index (χ0n) is 13.5. The van der Waals surface area contributed by atoms with Crippen molar-refractivity contribution < 1.29 is 14.3 Å². The number of primary amides is 1. The second kappa shape index (κ2) is 7.35. The Morgan fingerprint density at radius 3 is 2.96 bits per heavy atom. The molecule has 0 aromatic carbocycles. The lowest BCUT2D eigenvalue weighted by molar-refractivity contribution is -0.127. The fourth-order valence-corrected chi connectivity index (χ4v) is 2.71. The Morgan fingerprint density at radius 2 is 2.25 bits per heavy atom. The number of aromatic nitrogens is 3. The average Bonchev–Trinajstić information content (AvgIpc) is 2.62. The van der Waals surface area contributed by atoms with Crippen molar-refractivity contribution in [2.75, 3.05) is 13.2 Å². The van der Waals surface area contributed by atoms with Gasteiger partial charge in [-0.15, -0.1) is 0 Å².